The van der Waals surface area contributed by atoms with Crippen molar-refractivity contribution in [1.29, 1.82) is 0 Å². The van der Waals surface area contributed by atoms with Gasteiger partial charge in [-0.05, 0) is 13.0 Å². The molecule has 3 heterocycles. The van der Waals surface area contributed by atoms with E-state index in [0.717, 1.165) is 0 Å². The Hall–Kier alpha value is -2.02. The Morgan fingerprint density at radius 1 is 1.62 bits per heavy atom. The maximum absolute atomic E-state index is 12.9. The third kappa shape index (κ3) is 4.08. The first-order valence-corrected chi connectivity index (χ1v) is 9.15. The van der Waals surface area contributed by atoms with Crippen molar-refractivity contribution in [3.8, 4) is 0 Å². The average molecular weight is 453 g/mol. The van der Waals surface area contributed by atoms with Crippen LogP contribution < -0.4 is 16.4 Å². The summed E-state index contributed by atoms with van der Waals surface area (Å²) in [4.78, 5) is 19.1. The van der Waals surface area contributed by atoms with Crippen LogP contribution in [0.15, 0.2) is 29.1 Å². The molecule has 0 aromatic carbocycles. The molecule has 0 radical (unpaired) electrons. The van der Waals surface area contributed by atoms with E-state index in [0.29, 0.717) is 9.32 Å². The van der Waals surface area contributed by atoms with E-state index < -0.39 is 32.9 Å². The molecular formula is C13H14F2IN5O3. The Labute approximate surface area is 145 Å². The molecule has 2 aliphatic heterocycles. The molecule has 24 heavy (non-hydrogen) atoms. The van der Waals surface area contributed by atoms with Gasteiger partial charge >= 0.3 is 6.29 Å². The van der Waals surface area contributed by atoms with Crippen molar-refractivity contribution in [2.75, 3.05) is 12.3 Å². The highest BCUT2D eigenvalue weighted by molar-refractivity contribution is 14.2. The molecule has 5 N–H and O–H groups in total. The quantitative estimate of drug-likeness (QED) is 0.306. The van der Waals surface area contributed by atoms with Gasteiger partial charge in [-0.2, -0.15) is 0 Å². The van der Waals surface area contributed by atoms with Gasteiger partial charge in [-0.1, -0.05) is 20.7 Å². The monoisotopic (exact) mass is 453 g/mol. The second kappa shape index (κ2) is 6.47. The molecule has 11 heteroatoms. The number of nitrogens with two attached hydrogens (primary N) is 1. The molecule has 1 amide bonds. The number of H-pyrrole nitrogens is 1. The number of amides is 1. The molecule has 130 valence electrons. The predicted octanol–water partition coefficient (Wildman–Crippen LogP) is 1.21. The summed E-state index contributed by atoms with van der Waals surface area (Å²) in [6.07, 6.45) is -0.624. The lowest BCUT2D eigenvalue weighted by Crippen LogP contribution is -2.45. The summed E-state index contributed by atoms with van der Waals surface area (Å²) in [5.41, 5.74) is 6.28. The lowest BCUT2D eigenvalue weighted by molar-refractivity contribution is -0.334. The molecule has 1 unspecified atom stereocenters. The molecule has 1 atom stereocenters. The summed E-state index contributed by atoms with van der Waals surface area (Å²) in [7, 11) is 0. The summed E-state index contributed by atoms with van der Waals surface area (Å²) < 4.78 is 35.0. The number of nitrogens with zero attached hydrogens (tertiary/aromatic N) is 1. The van der Waals surface area contributed by atoms with E-state index >= 15 is 0 Å². The van der Waals surface area contributed by atoms with Gasteiger partial charge in [-0.25, -0.2) is 4.99 Å². The van der Waals surface area contributed by atoms with Gasteiger partial charge in [0.15, 0.2) is 0 Å². The normalized spacial score (nSPS) is 24.3. The van der Waals surface area contributed by atoms with E-state index in [4.69, 9.17) is 5.73 Å². The molecule has 2 aliphatic rings. The fourth-order valence-corrected chi connectivity index (χ4v) is 4.30. The van der Waals surface area contributed by atoms with Crippen LogP contribution in [0, 0.1) is 0 Å². The van der Waals surface area contributed by atoms with Crippen LogP contribution in [-0.2, 0) is 9.47 Å². The van der Waals surface area contributed by atoms with E-state index in [1.807, 2.05) is 6.92 Å². The van der Waals surface area contributed by atoms with Crippen LogP contribution in [-0.4, -0.2) is 37.4 Å². The number of carbonyl (C=O) groups excluding carboxylic acids is 1. The molecule has 1 aromatic rings. The molecule has 3 rings (SSSR count). The Kier molecular flexibility index (Phi) is 4.54. The van der Waals surface area contributed by atoms with Crippen LogP contribution in [0.4, 0.5) is 14.5 Å². The first kappa shape index (κ1) is 16.8. The minimum absolute atomic E-state index is 0.0270. The highest BCUT2D eigenvalue weighted by Gasteiger charge is 2.41. The number of hydrogen-bond acceptors (Lipinski definition) is 6. The van der Waals surface area contributed by atoms with Crippen molar-refractivity contribution in [3.05, 3.63) is 29.8 Å². The van der Waals surface area contributed by atoms with Gasteiger partial charge in [-0.15, -0.1) is 8.78 Å². The number of halogens is 3. The molecule has 1 aromatic heterocycles. The number of aromatic amines is 1. The van der Waals surface area contributed by atoms with Crippen LogP contribution in [0.25, 0.3) is 0 Å². The van der Waals surface area contributed by atoms with Crippen LogP contribution in [0.5, 0.6) is 0 Å². The van der Waals surface area contributed by atoms with Crippen molar-refractivity contribution in [1.82, 2.24) is 15.6 Å². The van der Waals surface area contributed by atoms with Gasteiger partial charge in [0, 0.05) is 18.0 Å². The Balaban J connectivity index is 1.67. The Morgan fingerprint density at radius 2 is 2.42 bits per heavy atom. The number of alkyl halides is 3. The molecule has 8 nitrogen and oxygen atoms in total. The molecule has 1 saturated heterocycles. The topological polar surface area (TPSA) is 114 Å². The average Bonchev–Trinajstić information content (AvgIpc) is 3.04. The first-order chi connectivity index (χ1) is 11.3. The van der Waals surface area contributed by atoms with Crippen molar-refractivity contribution < 1.29 is 23.0 Å². The second-order valence-electron chi connectivity index (χ2n) is 4.90. The molecule has 0 saturated carbocycles. The minimum Gasteiger partial charge on any atom is -0.411 e. The van der Waals surface area contributed by atoms with Crippen molar-refractivity contribution >= 4 is 41.9 Å². The fraction of sp³-hybridized carbons (Fsp3) is 0.308. The number of ether oxygens (including phenoxy) is 2. The number of nitrogens with one attached hydrogen (secondary N) is 3. The number of anilines is 1. The van der Waals surface area contributed by atoms with E-state index in [1.54, 1.807) is 0 Å². The molecule has 1 fully saturated rings. The van der Waals surface area contributed by atoms with Crippen LogP contribution in [0.1, 0.15) is 17.4 Å². The number of nitrogen functional groups attached to an aromatic ring is 1. The van der Waals surface area contributed by atoms with Gasteiger partial charge in [0.25, 0.3) is 5.91 Å². The fourth-order valence-electron chi connectivity index (χ4n) is 1.97. The SMILES string of the molecule is CC1N=C(NC(=O)c2cc(N)c[nH]2)NC(/C=C2\COC(F)(F)O2)=I1. The number of carbonyl (C=O) groups is 1. The van der Waals surface area contributed by atoms with Crippen molar-refractivity contribution in [2.24, 2.45) is 4.99 Å². The Bertz CT molecular complexity index is 759. The highest BCUT2D eigenvalue weighted by atomic mass is 127. The number of rotatable bonds is 2. The van der Waals surface area contributed by atoms with E-state index in [2.05, 4.69) is 30.1 Å². The molecule has 0 spiro atoms. The van der Waals surface area contributed by atoms with E-state index in [9.17, 15) is 13.6 Å². The third-order valence-corrected chi connectivity index (χ3v) is 5.35. The van der Waals surface area contributed by atoms with Gasteiger partial charge in [0.05, 0.1) is 7.68 Å². The first-order valence-electron chi connectivity index (χ1n) is 6.82. The molecule has 0 aliphatic carbocycles. The van der Waals surface area contributed by atoms with Crippen molar-refractivity contribution in [2.45, 2.75) is 17.3 Å². The number of hydrogen-bond donors (Lipinski definition) is 4. The minimum atomic E-state index is -3.59. The number of aromatic nitrogens is 1. The van der Waals surface area contributed by atoms with Crippen LogP contribution >= 0.6 is 20.7 Å². The number of aliphatic imine (C=N–C) groups is 1. The lowest BCUT2D eigenvalue weighted by atomic mass is 10.4. The van der Waals surface area contributed by atoms with Gasteiger partial charge < -0.3 is 20.8 Å². The van der Waals surface area contributed by atoms with Gasteiger partial charge in [0.1, 0.15) is 18.1 Å². The predicted molar refractivity (Wildman–Crippen MR) is 91.8 cm³/mol. The summed E-state index contributed by atoms with van der Waals surface area (Å²) in [6, 6.07) is 1.49. The largest absolute Gasteiger partial charge is 0.535 e. The van der Waals surface area contributed by atoms with Gasteiger partial charge in [0.2, 0.25) is 5.96 Å². The smallest absolute Gasteiger partial charge is 0.411 e. The molecule has 0 bridgehead atoms. The number of guanidine groups is 1. The standard InChI is InChI=1S/C13H14F2IN5O3/c1-6-16-10(3-8-5-23-13(14,15)24-8)20-12(19-6)21-11(22)9-2-7(17)4-18-9/h2-4,6,18H,5,17H2,1H3,(H2,19,20,21,22)/b8-3+. The lowest BCUT2D eigenvalue weighted by Gasteiger charge is -2.18. The molecular weight excluding hydrogens is 439 g/mol. The summed E-state index contributed by atoms with van der Waals surface area (Å²) in [5, 5.41) is 5.54. The summed E-state index contributed by atoms with van der Waals surface area (Å²) >= 11 is -0.586. The van der Waals surface area contributed by atoms with Gasteiger partial charge in [-0.3, -0.25) is 14.8 Å². The Morgan fingerprint density at radius 3 is 3.04 bits per heavy atom. The zero-order chi connectivity index (χ0) is 17.3. The van der Waals surface area contributed by atoms with Crippen molar-refractivity contribution in [3.63, 3.8) is 0 Å². The van der Waals surface area contributed by atoms with E-state index in [1.165, 1.54) is 18.3 Å². The maximum Gasteiger partial charge on any atom is 0.535 e. The maximum atomic E-state index is 12.9. The van der Waals surface area contributed by atoms with E-state index in [-0.39, 0.29) is 28.1 Å². The second-order valence-corrected chi connectivity index (χ2v) is 8.49. The third-order valence-electron chi connectivity index (χ3n) is 2.92. The zero-order valence-electron chi connectivity index (χ0n) is 12.4. The highest BCUT2D eigenvalue weighted by Crippen LogP contribution is 2.29. The summed E-state index contributed by atoms with van der Waals surface area (Å²) in [6.45, 7) is 1.57. The van der Waals surface area contributed by atoms with Crippen LogP contribution in [0.2, 0.25) is 0 Å². The van der Waals surface area contributed by atoms with Crippen LogP contribution in [0.3, 0.4) is 0 Å². The summed E-state index contributed by atoms with van der Waals surface area (Å²) in [5.74, 6) is -0.146. The zero-order valence-corrected chi connectivity index (χ0v) is 14.6.